The lowest BCUT2D eigenvalue weighted by Gasteiger charge is -2.01. The normalized spacial score (nSPS) is 22.0. The third-order valence-electron chi connectivity index (χ3n) is 2.73. The highest BCUT2D eigenvalue weighted by Gasteiger charge is 2.45. The van der Waals surface area contributed by atoms with E-state index < -0.39 is 23.5 Å². The summed E-state index contributed by atoms with van der Waals surface area (Å²) in [6.07, 6.45) is 0.440. The molecule has 1 aromatic carbocycles. The van der Waals surface area contributed by atoms with E-state index in [1.54, 1.807) is 0 Å². The first-order valence-corrected chi connectivity index (χ1v) is 5.08. The van der Waals surface area contributed by atoms with Crippen LogP contribution < -0.4 is 11.5 Å². The molecule has 0 spiro atoms. The van der Waals surface area contributed by atoms with E-state index in [2.05, 4.69) is 4.99 Å². The zero-order valence-corrected chi connectivity index (χ0v) is 8.86. The quantitative estimate of drug-likeness (QED) is 0.593. The number of hydrogen-bond acceptors (Lipinski definition) is 1. The molecule has 0 aliphatic heterocycles. The molecule has 2 atom stereocenters. The minimum absolute atomic E-state index is 0.203. The molecular formula is C11H11F2N3O. The summed E-state index contributed by atoms with van der Waals surface area (Å²) in [6.45, 7) is 0. The van der Waals surface area contributed by atoms with Crippen molar-refractivity contribution in [2.75, 3.05) is 0 Å². The van der Waals surface area contributed by atoms with Gasteiger partial charge in [0.1, 0.15) is 0 Å². The Morgan fingerprint density at radius 1 is 1.35 bits per heavy atom. The van der Waals surface area contributed by atoms with E-state index in [9.17, 15) is 13.6 Å². The van der Waals surface area contributed by atoms with E-state index in [0.29, 0.717) is 6.42 Å². The number of nitrogens with two attached hydrogens (primary N) is 2. The Morgan fingerprint density at radius 3 is 2.71 bits per heavy atom. The molecule has 6 heteroatoms. The van der Waals surface area contributed by atoms with Crippen LogP contribution in [-0.2, 0) is 4.79 Å². The molecule has 2 unspecified atom stereocenters. The molecule has 90 valence electrons. The number of hydrogen-bond donors (Lipinski definition) is 2. The number of amides is 1. The second-order valence-electron chi connectivity index (χ2n) is 3.97. The van der Waals surface area contributed by atoms with Crippen LogP contribution in [0, 0.1) is 17.6 Å². The maximum Gasteiger partial charge on any atom is 0.252 e. The maximum absolute atomic E-state index is 13.4. The summed E-state index contributed by atoms with van der Waals surface area (Å²) in [6, 6.07) is 3.91. The molecule has 0 saturated heterocycles. The van der Waals surface area contributed by atoms with Crippen LogP contribution in [-0.4, -0.2) is 11.9 Å². The molecule has 1 fully saturated rings. The highest BCUT2D eigenvalue weighted by molar-refractivity contribution is 5.94. The first kappa shape index (κ1) is 11.5. The lowest BCUT2D eigenvalue weighted by atomic mass is 10.1. The number of carbonyl (C=O) groups is 1. The Bertz CT molecular complexity index is 497. The fraction of sp³-hybridized carbons (Fsp3) is 0.273. The fourth-order valence-corrected chi connectivity index (χ4v) is 1.83. The monoisotopic (exact) mass is 239 g/mol. The van der Waals surface area contributed by atoms with Gasteiger partial charge in [0.05, 0.1) is 0 Å². The zero-order valence-electron chi connectivity index (χ0n) is 8.86. The van der Waals surface area contributed by atoms with Crippen molar-refractivity contribution >= 4 is 11.9 Å². The van der Waals surface area contributed by atoms with Crippen LogP contribution >= 0.6 is 0 Å². The van der Waals surface area contributed by atoms with Gasteiger partial charge in [0.2, 0.25) is 0 Å². The van der Waals surface area contributed by atoms with Gasteiger partial charge in [-0.1, -0.05) is 12.1 Å². The predicted octanol–water partition coefficient (Wildman–Crippen LogP) is 0.868. The van der Waals surface area contributed by atoms with Crippen molar-refractivity contribution < 1.29 is 13.6 Å². The van der Waals surface area contributed by atoms with Crippen LogP contribution in [0.5, 0.6) is 0 Å². The van der Waals surface area contributed by atoms with Crippen molar-refractivity contribution in [3.05, 3.63) is 35.4 Å². The van der Waals surface area contributed by atoms with Crippen molar-refractivity contribution in [1.82, 2.24) is 0 Å². The average Bonchev–Trinajstić information content (AvgIpc) is 3.01. The number of halogens is 2. The van der Waals surface area contributed by atoms with Gasteiger partial charge in [-0.05, 0) is 24.0 Å². The summed E-state index contributed by atoms with van der Waals surface area (Å²) in [5.41, 5.74) is 10.3. The van der Waals surface area contributed by atoms with Crippen molar-refractivity contribution in [2.24, 2.45) is 22.4 Å². The van der Waals surface area contributed by atoms with E-state index in [0.717, 1.165) is 6.07 Å². The van der Waals surface area contributed by atoms with Crippen molar-refractivity contribution in [3.63, 3.8) is 0 Å². The summed E-state index contributed by atoms with van der Waals surface area (Å²) in [5.74, 6) is -3.41. The molecule has 0 aromatic heterocycles. The predicted molar refractivity (Wildman–Crippen MR) is 58.0 cm³/mol. The van der Waals surface area contributed by atoms with E-state index in [-0.39, 0.29) is 17.4 Å². The van der Waals surface area contributed by atoms with Crippen molar-refractivity contribution in [2.45, 2.75) is 12.3 Å². The lowest BCUT2D eigenvalue weighted by molar-refractivity contribution is -0.119. The SMILES string of the molecule is NC(N)=NC(=O)C1CC1c1cccc(F)c1F. The summed E-state index contributed by atoms with van der Waals surface area (Å²) in [4.78, 5) is 14.8. The Morgan fingerprint density at radius 2 is 2.06 bits per heavy atom. The van der Waals surface area contributed by atoms with E-state index in [4.69, 9.17) is 11.5 Å². The summed E-state index contributed by atoms with van der Waals surface area (Å²) >= 11 is 0. The largest absolute Gasteiger partial charge is 0.370 e. The van der Waals surface area contributed by atoms with Gasteiger partial charge in [0.25, 0.3) is 5.91 Å². The smallest absolute Gasteiger partial charge is 0.252 e. The Labute approximate surface area is 96.3 Å². The van der Waals surface area contributed by atoms with Gasteiger partial charge in [-0.25, -0.2) is 8.78 Å². The van der Waals surface area contributed by atoms with Crippen LogP contribution in [0.4, 0.5) is 8.78 Å². The van der Waals surface area contributed by atoms with Gasteiger partial charge in [0.15, 0.2) is 17.6 Å². The van der Waals surface area contributed by atoms with Gasteiger partial charge < -0.3 is 11.5 Å². The van der Waals surface area contributed by atoms with Gasteiger partial charge in [-0.15, -0.1) is 0 Å². The highest BCUT2D eigenvalue weighted by Crippen LogP contribution is 2.49. The molecule has 1 saturated carbocycles. The molecule has 0 heterocycles. The average molecular weight is 239 g/mol. The van der Waals surface area contributed by atoms with Crippen LogP contribution in [0.1, 0.15) is 17.9 Å². The van der Waals surface area contributed by atoms with Crippen molar-refractivity contribution in [3.8, 4) is 0 Å². The van der Waals surface area contributed by atoms with Crippen LogP contribution in [0.25, 0.3) is 0 Å². The number of carbonyl (C=O) groups excluding carboxylic acids is 1. The van der Waals surface area contributed by atoms with Gasteiger partial charge >= 0.3 is 0 Å². The molecule has 1 aromatic rings. The number of nitrogens with zero attached hydrogens (tertiary/aromatic N) is 1. The number of guanidine groups is 1. The lowest BCUT2D eigenvalue weighted by Crippen LogP contribution is -2.24. The van der Waals surface area contributed by atoms with Gasteiger partial charge in [0, 0.05) is 5.92 Å². The number of aliphatic imine (C=N–C) groups is 1. The molecule has 17 heavy (non-hydrogen) atoms. The Kier molecular flexibility index (Phi) is 2.79. The number of benzene rings is 1. The van der Waals surface area contributed by atoms with E-state index in [1.807, 2.05) is 0 Å². The second kappa shape index (κ2) is 4.12. The first-order chi connectivity index (χ1) is 8.00. The summed E-state index contributed by atoms with van der Waals surface area (Å²) in [5, 5.41) is 0. The molecule has 1 aliphatic rings. The zero-order chi connectivity index (χ0) is 12.6. The molecule has 1 aliphatic carbocycles. The molecule has 0 bridgehead atoms. The fourth-order valence-electron chi connectivity index (χ4n) is 1.83. The Hall–Kier alpha value is -1.98. The van der Waals surface area contributed by atoms with Crippen LogP contribution in [0.2, 0.25) is 0 Å². The molecular weight excluding hydrogens is 228 g/mol. The van der Waals surface area contributed by atoms with Crippen LogP contribution in [0.3, 0.4) is 0 Å². The molecule has 1 amide bonds. The topological polar surface area (TPSA) is 81.5 Å². The maximum atomic E-state index is 13.4. The molecule has 0 radical (unpaired) electrons. The highest BCUT2D eigenvalue weighted by atomic mass is 19.2. The second-order valence-corrected chi connectivity index (χ2v) is 3.97. The Balaban J connectivity index is 2.16. The summed E-state index contributed by atoms with van der Waals surface area (Å²) < 4.78 is 26.4. The standard InChI is InChI=1S/C11H11F2N3O/c12-8-3-1-2-5(9(8)13)6-4-7(6)10(17)16-11(14)15/h1-3,6-7H,4H2,(H4,14,15,16,17). The first-order valence-electron chi connectivity index (χ1n) is 5.08. The van der Waals surface area contributed by atoms with Gasteiger partial charge in [-0.3, -0.25) is 4.79 Å². The minimum atomic E-state index is -0.914. The minimum Gasteiger partial charge on any atom is -0.370 e. The molecule has 4 nitrogen and oxygen atoms in total. The van der Waals surface area contributed by atoms with Gasteiger partial charge in [-0.2, -0.15) is 4.99 Å². The molecule has 2 rings (SSSR count). The number of rotatable bonds is 2. The van der Waals surface area contributed by atoms with Crippen molar-refractivity contribution in [1.29, 1.82) is 0 Å². The third-order valence-corrected chi connectivity index (χ3v) is 2.73. The molecule has 4 N–H and O–H groups in total. The third kappa shape index (κ3) is 2.25. The van der Waals surface area contributed by atoms with Crippen LogP contribution in [0.15, 0.2) is 23.2 Å². The van der Waals surface area contributed by atoms with E-state index in [1.165, 1.54) is 12.1 Å². The van der Waals surface area contributed by atoms with E-state index >= 15 is 0 Å². The summed E-state index contributed by atoms with van der Waals surface area (Å²) in [7, 11) is 0.